The number of hydrogen-bond acceptors (Lipinski definition) is 4. The summed E-state index contributed by atoms with van der Waals surface area (Å²) in [6, 6.07) is 2.59. The highest BCUT2D eigenvalue weighted by Gasteiger charge is 2.21. The maximum atomic E-state index is 6.24. The van der Waals surface area contributed by atoms with Crippen LogP contribution < -0.4 is 15.8 Å². The van der Waals surface area contributed by atoms with Crippen LogP contribution in [-0.4, -0.2) is 24.2 Å². The first-order valence-corrected chi connectivity index (χ1v) is 6.73. The molecule has 0 bridgehead atoms. The monoisotopic (exact) mass is 249 g/mol. The molecule has 1 aliphatic carbocycles. The van der Waals surface area contributed by atoms with Crippen LogP contribution in [0.4, 0.5) is 5.69 Å². The number of pyridine rings is 1. The molecule has 2 unspecified atom stereocenters. The number of aromatic nitrogens is 1. The molecule has 0 amide bonds. The number of ether oxygens (including phenoxy) is 1. The van der Waals surface area contributed by atoms with Crippen LogP contribution in [0.2, 0.25) is 0 Å². The average molecular weight is 249 g/mol. The third-order valence-electron chi connectivity index (χ3n) is 3.63. The Morgan fingerprint density at radius 2 is 2.11 bits per heavy atom. The molecular weight excluding hydrogens is 226 g/mol. The van der Waals surface area contributed by atoms with Crippen LogP contribution in [0.3, 0.4) is 0 Å². The molecule has 3 N–H and O–H groups in total. The highest BCUT2D eigenvalue weighted by molar-refractivity contribution is 5.56. The van der Waals surface area contributed by atoms with Crippen molar-refractivity contribution >= 4 is 5.69 Å². The van der Waals surface area contributed by atoms with Gasteiger partial charge in [0.05, 0.1) is 19.0 Å². The molecule has 1 aliphatic rings. The number of nitrogens with one attached hydrogen (secondary N) is 1. The van der Waals surface area contributed by atoms with E-state index in [4.69, 9.17) is 10.5 Å². The van der Waals surface area contributed by atoms with Crippen LogP contribution in [-0.2, 0) is 0 Å². The van der Waals surface area contributed by atoms with Gasteiger partial charge in [-0.05, 0) is 25.8 Å². The van der Waals surface area contributed by atoms with Crippen molar-refractivity contribution in [2.45, 2.75) is 51.1 Å². The number of methoxy groups -OCH3 is 1. The summed E-state index contributed by atoms with van der Waals surface area (Å²) in [6.07, 6.45) is 7.78. The minimum Gasteiger partial charge on any atom is -0.493 e. The molecule has 1 saturated carbocycles. The Morgan fingerprint density at radius 3 is 2.89 bits per heavy atom. The average Bonchev–Trinajstić information content (AvgIpc) is 2.55. The molecule has 2 rings (SSSR count). The predicted molar refractivity (Wildman–Crippen MR) is 74.0 cm³/mol. The Balaban J connectivity index is 2.13. The fraction of sp³-hybridized carbons (Fsp3) is 0.643. The van der Waals surface area contributed by atoms with Crippen molar-refractivity contribution in [2.75, 3.05) is 12.4 Å². The Morgan fingerprint density at radius 1 is 1.33 bits per heavy atom. The quantitative estimate of drug-likeness (QED) is 0.808. The van der Waals surface area contributed by atoms with E-state index in [-0.39, 0.29) is 6.04 Å². The summed E-state index contributed by atoms with van der Waals surface area (Å²) in [4.78, 5) is 4.24. The minimum absolute atomic E-state index is 0.227. The lowest BCUT2D eigenvalue weighted by Gasteiger charge is -2.25. The fourth-order valence-electron chi connectivity index (χ4n) is 2.54. The predicted octanol–water partition coefficient (Wildman–Crippen LogP) is 2.47. The van der Waals surface area contributed by atoms with E-state index >= 15 is 0 Å². The van der Waals surface area contributed by atoms with Gasteiger partial charge in [-0.2, -0.15) is 0 Å². The van der Waals surface area contributed by atoms with E-state index in [2.05, 4.69) is 10.3 Å². The van der Waals surface area contributed by atoms with E-state index in [1.165, 1.54) is 19.3 Å². The Hall–Kier alpha value is -1.29. The Kier molecular flexibility index (Phi) is 4.42. The van der Waals surface area contributed by atoms with E-state index in [1.807, 2.05) is 13.0 Å². The lowest BCUT2D eigenvalue weighted by molar-refractivity contribution is 0.412. The highest BCUT2D eigenvalue weighted by atomic mass is 16.5. The molecule has 0 aromatic carbocycles. The van der Waals surface area contributed by atoms with E-state index in [0.29, 0.717) is 6.04 Å². The van der Waals surface area contributed by atoms with Crippen molar-refractivity contribution in [3.63, 3.8) is 0 Å². The molecule has 4 nitrogen and oxygen atoms in total. The van der Waals surface area contributed by atoms with Crippen LogP contribution in [0.25, 0.3) is 0 Å². The molecule has 100 valence electrons. The number of anilines is 1. The van der Waals surface area contributed by atoms with E-state index in [9.17, 15) is 0 Å². The molecule has 1 heterocycles. The number of aryl methyl sites for hydroxylation is 1. The van der Waals surface area contributed by atoms with Crippen LogP contribution in [0.1, 0.15) is 37.8 Å². The normalized spacial score (nSPS) is 24.4. The second kappa shape index (κ2) is 6.05. The van der Waals surface area contributed by atoms with Crippen molar-refractivity contribution < 1.29 is 4.74 Å². The van der Waals surface area contributed by atoms with Gasteiger partial charge in [-0.3, -0.25) is 4.98 Å². The zero-order valence-corrected chi connectivity index (χ0v) is 11.3. The zero-order chi connectivity index (χ0) is 13.0. The standard InChI is InChI=1S/C14H23N3O/c1-10-8-13(14(18-2)9-16-10)17-12-7-5-3-4-6-11(12)15/h8-9,11-12H,3-7,15H2,1-2H3,(H,16,17). The number of hydrogen-bond donors (Lipinski definition) is 2. The van der Waals surface area contributed by atoms with Crippen molar-refractivity contribution in [3.05, 3.63) is 18.0 Å². The summed E-state index contributed by atoms with van der Waals surface area (Å²) >= 11 is 0. The molecule has 1 aromatic rings. The van der Waals surface area contributed by atoms with Crippen molar-refractivity contribution in [1.29, 1.82) is 0 Å². The summed E-state index contributed by atoms with van der Waals surface area (Å²) in [5.41, 5.74) is 8.23. The van der Waals surface area contributed by atoms with Crippen molar-refractivity contribution in [2.24, 2.45) is 5.73 Å². The van der Waals surface area contributed by atoms with Gasteiger partial charge in [-0.1, -0.05) is 19.3 Å². The van der Waals surface area contributed by atoms with Gasteiger partial charge >= 0.3 is 0 Å². The SMILES string of the molecule is COc1cnc(C)cc1NC1CCCCCC1N. The van der Waals surface area contributed by atoms with Crippen molar-refractivity contribution in [1.82, 2.24) is 4.98 Å². The molecule has 2 atom stereocenters. The third-order valence-corrected chi connectivity index (χ3v) is 3.63. The lowest BCUT2D eigenvalue weighted by atomic mass is 10.0. The second-order valence-corrected chi connectivity index (χ2v) is 5.08. The van der Waals surface area contributed by atoms with E-state index in [0.717, 1.165) is 30.0 Å². The van der Waals surface area contributed by atoms with Crippen LogP contribution >= 0.6 is 0 Å². The summed E-state index contributed by atoms with van der Waals surface area (Å²) in [5.74, 6) is 0.789. The maximum absolute atomic E-state index is 6.24. The number of nitrogens with two attached hydrogens (primary N) is 1. The van der Waals surface area contributed by atoms with E-state index in [1.54, 1.807) is 13.3 Å². The molecule has 0 aliphatic heterocycles. The zero-order valence-electron chi connectivity index (χ0n) is 11.3. The molecular formula is C14H23N3O. The maximum Gasteiger partial charge on any atom is 0.160 e. The third kappa shape index (κ3) is 3.13. The van der Waals surface area contributed by atoms with Crippen LogP contribution in [0, 0.1) is 6.92 Å². The summed E-state index contributed by atoms with van der Waals surface area (Å²) in [5, 5.41) is 3.54. The van der Waals surface area contributed by atoms with Gasteiger partial charge in [0.2, 0.25) is 0 Å². The van der Waals surface area contributed by atoms with Gasteiger partial charge in [0.15, 0.2) is 5.75 Å². The van der Waals surface area contributed by atoms with Crippen LogP contribution in [0.5, 0.6) is 5.75 Å². The highest BCUT2D eigenvalue weighted by Crippen LogP contribution is 2.27. The second-order valence-electron chi connectivity index (χ2n) is 5.08. The van der Waals surface area contributed by atoms with Gasteiger partial charge in [0.25, 0.3) is 0 Å². The summed E-state index contributed by atoms with van der Waals surface area (Å²) in [7, 11) is 1.67. The molecule has 4 heteroatoms. The van der Waals surface area contributed by atoms with Gasteiger partial charge in [0, 0.05) is 17.8 Å². The van der Waals surface area contributed by atoms with Gasteiger partial charge < -0.3 is 15.8 Å². The molecule has 1 fully saturated rings. The fourth-order valence-corrected chi connectivity index (χ4v) is 2.54. The Labute approximate surface area is 109 Å². The first-order chi connectivity index (χ1) is 8.70. The molecule has 18 heavy (non-hydrogen) atoms. The van der Waals surface area contributed by atoms with Crippen LogP contribution in [0.15, 0.2) is 12.3 Å². The lowest BCUT2D eigenvalue weighted by Crippen LogP contribution is -2.39. The van der Waals surface area contributed by atoms with Gasteiger partial charge in [0.1, 0.15) is 0 Å². The molecule has 1 aromatic heterocycles. The van der Waals surface area contributed by atoms with Gasteiger partial charge in [-0.25, -0.2) is 0 Å². The summed E-state index contributed by atoms with van der Waals surface area (Å²) in [6.45, 7) is 1.98. The minimum atomic E-state index is 0.227. The Bertz CT molecular complexity index is 395. The number of nitrogens with zero attached hydrogens (tertiary/aromatic N) is 1. The summed E-state index contributed by atoms with van der Waals surface area (Å²) < 4.78 is 5.34. The molecule has 0 spiro atoms. The topological polar surface area (TPSA) is 60.2 Å². The largest absolute Gasteiger partial charge is 0.493 e. The van der Waals surface area contributed by atoms with Crippen molar-refractivity contribution in [3.8, 4) is 5.75 Å². The molecule has 0 radical (unpaired) electrons. The van der Waals surface area contributed by atoms with Gasteiger partial charge in [-0.15, -0.1) is 0 Å². The molecule has 0 saturated heterocycles. The van der Waals surface area contributed by atoms with E-state index < -0.39 is 0 Å². The number of rotatable bonds is 3. The first kappa shape index (κ1) is 13.1. The first-order valence-electron chi connectivity index (χ1n) is 6.73. The smallest absolute Gasteiger partial charge is 0.160 e.